The molecule has 1 aromatic rings. The standard InChI is InChI=1S/C10H9F4NO2/c1-4-7(9(16)17-2)6(11)3-5(8(4)15)10(12,13)14/h3H,15H2,1-2H3. The summed E-state index contributed by atoms with van der Waals surface area (Å²) >= 11 is 0. The Balaban J connectivity index is 3.53. The molecular weight excluding hydrogens is 242 g/mol. The minimum absolute atomic E-state index is 0.189. The number of nitrogen functional groups attached to an aromatic ring is 1. The van der Waals surface area contributed by atoms with Gasteiger partial charge >= 0.3 is 12.1 Å². The first-order valence-electron chi connectivity index (χ1n) is 4.44. The van der Waals surface area contributed by atoms with Crippen LogP contribution in [0.3, 0.4) is 0 Å². The third-order valence-corrected chi connectivity index (χ3v) is 2.27. The molecule has 0 bridgehead atoms. The first kappa shape index (κ1) is 13.3. The largest absolute Gasteiger partial charge is 0.465 e. The summed E-state index contributed by atoms with van der Waals surface area (Å²) in [5.74, 6) is -2.38. The Morgan fingerprint density at radius 3 is 2.35 bits per heavy atom. The van der Waals surface area contributed by atoms with E-state index in [1.54, 1.807) is 0 Å². The molecule has 2 N–H and O–H groups in total. The number of benzene rings is 1. The van der Waals surface area contributed by atoms with Crippen molar-refractivity contribution in [2.75, 3.05) is 12.8 Å². The van der Waals surface area contributed by atoms with Crippen molar-refractivity contribution in [1.29, 1.82) is 0 Å². The highest BCUT2D eigenvalue weighted by atomic mass is 19.4. The molecule has 0 saturated heterocycles. The molecule has 0 atom stereocenters. The predicted molar refractivity (Wildman–Crippen MR) is 51.9 cm³/mol. The van der Waals surface area contributed by atoms with Gasteiger partial charge < -0.3 is 10.5 Å². The Bertz CT molecular complexity index is 468. The summed E-state index contributed by atoms with van der Waals surface area (Å²) in [6.07, 6.45) is -4.77. The fraction of sp³-hybridized carbons (Fsp3) is 0.300. The molecule has 3 nitrogen and oxygen atoms in total. The van der Waals surface area contributed by atoms with Gasteiger partial charge in [-0.3, -0.25) is 0 Å². The van der Waals surface area contributed by atoms with Crippen LogP contribution in [0.1, 0.15) is 21.5 Å². The first-order valence-corrected chi connectivity index (χ1v) is 4.44. The lowest BCUT2D eigenvalue weighted by molar-refractivity contribution is -0.137. The molecule has 0 aromatic heterocycles. The average Bonchev–Trinajstić information content (AvgIpc) is 2.21. The van der Waals surface area contributed by atoms with E-state index in [1.807, 2.05) is 0 Å². The lowest BCUT2D eigenvalue weighted by atomic mass is 10.0. The monoisotopic (exact) mass is 251 g/mol. The molecule has 0 heterocycles. The van der Waals surface area contributed by atoms with Crippen LogP contribution in [0.25, 0.3) is 0 Å². The molecule has 0 spiro atoms. The van der Waals surface area contributed by atoms with Crippen molar-refractivity contribution in [3.05, 3.63) is 28.6 Å². The second kappa shape index (κ2) is 4.23. The molecule has 94 valence electrons. The number of alkyl halides is 3. The number of nitrogens with two attached hydrogens (primary N) is 1. The van der Waals surface area contributed by atoms with Gasteiger partial charge in [-0.1, -0.05) is 0 Å². The number of ether oxygens (including phenoxy) is 1. The van der Waals surface area contributed by atoms with Crippen molar-refractivity contribution >= 4 is 11.7 Å². The highest BCUT2D eigenvalue weighted by Crippen LogP contribution is 2.37. The third kappa shape index (κ3) is 2.32. The van der Waals surface area contributed by atoms with Gasteiger partial charge in [-0.25, -0.2) is 9.18 Å². The summed E-state index contributed by atoms with van der Waals surface area (Å²) < 4.78 is 55.0. The number of halogens is 4. The van der Waals surface area contributed by atoms with Gasteiger partial charge in [-0.15, -0.1) is 0 Å². The maximum atomic E-state index is 13.4. The zero-order valence-electron chi connectivity index (χ0n) is 8.98. The van der Waals surface area contributed by atoms with E-state index >= 15 is 0 Å². The fourth-order valence-electron chi connectivity index (χ4n) is 1.38. The van der Waals surface area contributed by atoms with Crippen molar-refractivity contribution in [2.45, 2.75) is 13.1 Å². The van der Waals surface area contributed by atoms with Crippen LogP contribution in [-0.2, 0) is 10.9 Å². The van der Waals surface area contributed by atoms with Gasteiger partial charge in [-0.2, -0.15) is 13.2 Å². The van der Waals surface area contributed by atoms with Crippen LogP contribution in [0.15, 0.2) is 6.07 Å². The molecule has 17 heavy (non-hydrogen) atoms. The first-order chi connectivity index (χ1) is 7.70. The Kier molecular flexibility index (Phi) is 3.30. The number of hydrogen-bond donors (Lipinski definition) is 1. The fourth-order valence-corrected chi connectivity index (χ4v) is 1.38. The normalized spacial score (nSPS) is 11.4. The molecule has 0 saturated carbocycles. The van der Waals surface area contributed by atoms with Crippen molar-refractivity contribution in [3.8, 4) is 0 Å². The molecule has 0 radical (unpaired) electrons. The van der Waals surface area contributed by atoms with Gasteiger partial charge in [0.1, 0.15) is 11.4 Å². The quantitative estimate of drug-likeness (QED) is 0.474. The smallest absolute Gasteiger partial charge is 0.418 e. The van der Waals surface area contributed by atoms with Crippen LogP contribution >= 0.6 is 0 Å². The Morgan fingerprint density at radius 1 is 1.41 bits per heavy atom. The molecule has 7 heteroatoms. The van der Waals surface area contributed by atoms with Crippen LogP contribution in [0, 0.1) is 12.7 Å². The van der Waals surface area contributed by atoms with Gasteiger partial charge in [-0.05, 0) is 18.6 Å². The molecule has 0 aliphatic heterocycles. The summed E-state index contributed by atoms with van der Waals surface area (Å²) in [4.78, 5) is 11.2. The molecular formula is C10H9F4NO2. The van der Waals surface area contributed by atoms with Gasteiger partial charge in [0.25, 0.3) is 0 Å². The third-order valence-electron chi connectivity index (χ3n) is 2.27. The second-order valence-corrected chi connectivity index (χ2v) is 3.31. The number of esters is 1. The Labute approximate surface area is 94.2 Å². The van der Waals surface area contributed by atoms with Crippen LogP contribution < -0.4 is 5.73 Å². The van der Waals surface area contributed by atoms with Crippen molar-refractivity contribution in [3.63, 3.8) is 0 Å². The van der Waals surface area contributed by atoms with E-state index in [9.17, 15) is 22.4 Å². The minimum atomic E-state index is -4.77. The highest BCUT2D eigenvalue weighted by Gasteiger charge is 2.36. The lowest BCUT2D eigenvalue weighted by Gasteiger charge is -2.15. The molecule has 0 aliphatic rings. The van der Waals surface area contributed by atoms with E-state index in [2.05, 4.69) is 4.74 Å². The van der Waals surface area contributed by atoms with Gasteiger partial charge in [0.15, 0.2) is 0 Å². The second-order valence-electron chi connectivity index (χ2n) is 3.31. The summed E-state index contributed by atoms with van der Waals surface area (Å²) in [6.45, 7) is 1.12. The zero-order valence-corrected chi connectivity index (χ0v) is 8.98. The van der Waals surface area contributed by atoms with Crippen LogP contribution in [-0.4, -0.2) is 13.1 Å². The minimum Gasteiger partial charge on any atom is -0.465 e. The van der Waals surface area contributed by atoms with Crippen LogP contribution in [0.5, 0.6) is 0 Å². The number of rotatable bonds is 1. The number of methoxy groups -OCH3 is 1. The van der Waals surface area contributed by atoms with Crippen molar-refractivity contribution in [2.24, 2.45) is 0 Å². The number of anilines is 1. The van der Waals surface area contributed by atoms with Gasteiger partial charge in [0.05, 0.1) is 12.7 Å². The van der Waals surface area contributed by atoms with Crippen molar-refractivity contribution in [1.82, 2.24) is 0 Å². The SMILES string of the molecule is COC(=O)c1c(F)cc(C(F)(F)F)c(N)c1C. The zero-order chi connectivity index (χ0) is 13.4. The molecule has 1 aromatic carbocycles. The molecule has 0 unspecified atom stereocenters. The molecule has 0 aliphatic carbocycles. The molecule has 1 rings (SSSR count). The van der Waals surface area contributed by atoms with E-state index in [0.29, 0.717) is 0 Å². The summed E-state index contributed by atoms with van der Waals surface area (Å²) in [5.41, 5.74) is 2.38. The van der Waals surface area contributed by atoms with Crippen LogP contribution in [0.2, 0.25) is 0 Å². The Morgan fingerprint density at radius 2 is 1.94 bits per heavy atom. The average molecular weight is 251 g/mol. The van der Waals surface area contributed by atoms with E-state index in [4.69, 9.17) is 5.73 Å². The van der Waals surface area contributed by atoms with E-state index in [0.717, 1.165) is 14.0 Å². The van der Waals surface area contributed by atoms with Gasteiger partial charge in [0, 0.05) is 5.69 Å². The maximum Gasteiger partial charge on any atom is 0.418 e. The van der Waals surface area contributed by atoms with Gasteiger partial charge in [0.2, 0.25) is 0 Å². The lowest BCUT2D eigenvalue weighted by Crippen LogP contribution is -2.15. The molecule has 0 amide bonds. The number of carbonyl (C=O) groups excluding carboxylic acids is 1. The van der Waals surface area contributed by atoms with Crippen molar-refractivity contribution < 1.29 is 27.1 Å². The van der Waals surface area contributed by atoms with Crippen LogP contribution in [0.4, 0.5) is 23.2 Å². The highest BCUT2D eigenvalue weighted by molar-refractivity contribution is 5.93. The predicted octanol–water partition coefficient (Wildman–Crippen LogP) is 2.52. The number of hydrogen-bond acceptors (Lipinski definition) is 3. The van der Waals surface area contributed by atoms with E-state index < -0.39 is 34.8 Å². The number of carbonyl (C=O) groups is 1. The summed E-state index contributed by atoms with van der Waals surface area (Å²) in [7, 11) is 0.995. The maximum absolute atomic E-state index is 13.4. The molecule has 0 fully saturated rings. The topological polar surface area (TPSA) is 52.3 Å². The van der Waals surface area contributed by atoms with E-state index in [-0.39, 0.29) is 11.6 Å². The summed E-state index contributed by atoms with van der Waals surface area (Å²) in [6, 6.07) is 0.189. The summed E-state index contributed by atoms with van der Waals surface area (Å²) in [5, 5.41) is 0. The Hall–Kier alpha value is -1.79. The van der Waals surface area contributed by atoms with E-state index in [1.165, 1.54) is 0 Å².